The summed E-state index contributed by atoms with van der Waals surface area (Å²) in [5.41, 5.74) is 0. The van der Waals surface area contributed by atoms with E-state index in [0.29, 0.717) is 0 Å². The molecule has 0 radical (unpaired) electrons. The molecule has 3 N–H and O–H groups in total. The van der Waals surface area contributed by atoms with Crippen molar-refractivity contribution in [2.45, 2.75) is 13.7 Å². The molecule has 0 saturated carbocycles. The van der Waals surface area contributed by atoms with Crippen LogP contribution in [-0.2, 0) is 14.8 Å². The third-order valence-electron chi connectivity index (χ3n) is 0.747. The predicted molar refractivity (Wildman–Crippen MR) is 51.6 cm³/mol. The van der Waals surface area contributed by atoms with Crippen LogP contribution in [0.3, 0.4) is 0 Å². The first-order valence-electron chi connectivity index (χ1n) is 3.52. The van der Waals surface area contributed by atoms with Crippen LogP contribution in [0, 0.1) is 0 Å². The monoisotopic (exact) mass is 210 g/mol. The molecule has 6 nitrogen and oxygen atoms in total. The Hall–Kier alpha value is -0.595. The SMILES string of the molecule is CC(=O)NS(C)(=O)=O.CNB(C)O. The Morgan fingerprint density at radius 3 is 1.77 bits per heavy atom. The van der Waals surface area contributed by atoms with Crippen LogP contribution in [0.1, 0.15) is 6.92 Å². The molecule has 0 aromatic heterocycles. The number of amides is 1. The van der Waals surface area contributed by atoms with Crippen LogP contribution >= 0.6 is 0 Å². The van der Waals surface area contributed by atoms with Crippen molar-refractivity contribution < 1.29 is 18.2 Å². The smallest absolute Gasteiger partial charge is 0.373 e. The van der Waals surface area contributed by atoms with Crippen LogP contribution in [0.4, 0.5) is 0 Å². The second-order valence-electron chi connectivity index (χ2n) is 2.40. The Balaban J connectivity index is 0. The lowest BCUT2D eigenvalue weighted by atomic mass is 9.90. The van der Waals surface area contributed by atoms with E-state index >= 15 is 0 Å². The van der Waals surface area contributed by atoms with E-state index in [1.54, 1.807) is 18.6 Å². The minimum atomic E-state index is -3.32. The first-order chi connectivity index (χ1) is 5.69. The second kappa shape index (κ2) is 6.87. The molecule has 78 valence electrons. The number of carbonyl (C=O) groups excluding carboxylic acids is 1. The molecule has 0 spiro atoms. The third-order valence-corrected chi connectivity index (χ3v) is 1.41. The summed E-state index contributed by atoms with van der Waals surface area (Å²) in [6.07, 6.45) is 0.925. The maximum absolute atomic E-state index is 10.1. The number of rotatable bonds is 2. The number of hydrogen-bond acceptors (Lipinski definition) is 5. The van der Waals surface area contributed by atoms with Gasteiger partial charge in [-0.2, -0.15) is 0 Å². The summed E-state index contributed by atoms with van der Waals surface area (Å²) in [7, 11) is -1.99. The van der Waals surface area contributed by atoms with Crippen LogP contribution in [0.15, 0.2) is 0 Å². The topological polar surface area (TPSA) is 95.5 Å². The van der Waals surface area contributed by atoms with E-state index < -0.39 is 15.9 Å². The molecule has 0 aromatic carbocycles. The summed E-state index contributed by atoms with van der Waals surface area (Å²) in [6, 6.07) is 0. The molecule has 0 atom stereocenters. The molecule has 0 saturated heterocycles. The van der Waals surface area contributed by atoms with E-state index in [9.17, 15) is 13.2 Å². The van der Waals surface area contributed by atoms with Gasteiger partial charge in [0.25, 0.3) is 0 Å². The van der Waals surface area contributed by atoms with E-state index in [0.717, 1.165) is 13.2 Å². The molecule has 0 aromatic rings. The Morgan fingerprint density at radius 1 is 1.46 bits per heavy atom. The van der Waals surface area contributed by atoms with Crippen LogP contribution in [0.5, 0.6) is 0 Å². The van der Waals surface area contributed by atoms with Crippen molar-refractivity contribution in [3.63, 3.8) is 0 Å². The average molecular weight is 210 g/mol. The minimum absolute atomic E-state index is 0.366. The molecule has 0 heterocycles. The molecule has 1 amide bonds. The van der Waals surface area contributed by atoms with Gasteiger partial charge in [-0.15, -0.1) is 0 Å². The van der Waals surface area contributed by atoms with E-state index in [2.05, 4.69) is 5.23 Å². The quantitative estimate of drug-likeness (QED) is 0.477. The lowest BCUT2D eigenvalue weighted by molar-refractivity contribution is -0.117. The van der Waals surface area contributed by atoms with Crippen molar-refractivity contribution in [3.8, 4) is 0 Å². The second-order valence-corrected chi connectivity index (χ2v) is 4.14. The fourth-order valence-electron chi connectivity index (χ4n) is 0.261. The predicted octanol–water partition coefficient (Wildman–Crippen LogP) is -1.60. The van der Waals surface area contributed by atoms with Crippen molar-refractivity contribution in [3.05, 3.63) is 0 Å². The highest BCUT2D eigenvalue weighted by Crippen LogP contribution is 1.70. The highest BCUT2D eigenvalue weighted by molar-refractivity contribution is 7.89. The largest absolute Gasteiger partial charge is 0.437 e. The Labute approximate surface area is 78.9 Å². The van der Waals surface area contributed by atoms with E-state index in [4.69, 9.17) is 5.02 Å². The zero-order chi connectivity index (χ0) is 11.1. The maximum atomic E-state index is 10.1. The minimum Gasteiger partial charge on any atom is -0.437 e. The molecule has 0 aliphatic rings. The molecule has 0 rings (SSSR count). The van der Waals surface area contributed by atoms with E-state index in [-0.39, 0.29) is 7.05 Å². The highest BCUT2D eigenvalue weighted by atomic mass is 32.2. The van der Waals surface area contributed by atoms with Gasteiger partial charge in [0.2, 0.25) is 15.9 Å². The normalized spacial score (nSPS) is 9.62. The van der Waals surface area contributed by atoms with Crippen molar-refractivity contribution in [2.75, 3.05) is 13.3 Å². The Morgan fingerprint density at radius 2 is 1.77 bits per heavy atom. The van der Waals surface area contributed by atoms with Gasteiger partial charge in [-0.3, -0.25) is 9.52 Å². The molecule has 0 unspecified atom stereocenters. The lowest BCUT2D eigenvalue weighted by Gasteiger charge is -1.93. The summed E-state index contributed by atoms with van der Waals surface area (Å²) in [4.78, 5) is 9.97. The van der Waals surface area contributed by atoms with Crippen molar-refractivity contribution in [1.82, 2.24) is 9.95 Å². The fraction of sp³-hybridized carbons (Fsp3) is 0.800. The molecular formula is C5H15BN2O4S. The Bertz CT molecular complexity index is 239. The molecule has 0 bridgehead atoms. The molecule has 13 heavy (non-hydrogen) atoms. The van der Waals surface area contributed by atoms with Gasteiger partial charge in [-0.05, 0) is 13.9 Å². The number of nitrogens with one attached hydrogen (secondary N) is 2. The Kier molecular flexibility index (Phi) is 7.88. The van der Waals surface area contributed by atoms with Crippen LogP contribution in [-0.4, -0.2) is 39.7 Å². The van der Waals surface area contributed by atoms with Gasteiger partial charge in [0.05, 0.1) is 6.26 Å². The lowest BCUT2D eigenvalue weighted by Crippen LogP contribution is -2.26. The third kappa shape index (κ3) is 24.6. The van der Waals surface area contributed by atoms with E-state index in [1.807, 2.05) is 0 Å². The summed E-state index contributed by atoms with van der Waals surface area (Å²) in [5.74, 6) is -0.562. The van der Waals surface area contributed by atoms with Crippen LogP contribution in [0.25, 0.3) is 0 Å². The first kappa shape index (κ1) is 14.9. The van der Waals surface area contributed by atoms with Gasteiger partial charge in [-0.1, -0.05) is 0 Å². The van der Waals surface area contributed by atoms with Gasteiger partial charge in [-0.25, -0.2) is 8.42 Å². The first-order valence-corrected chi connectivity index (χ1v) is 5.42. The number of sulfonamides is 1. The summed E-state index contributed by atoms with van der Waals surface area (Å²) in [6.45, 7) is 2.81. The van der Waals surface area contributed by atoms with Gasteiger partial charge in [0.1, 0.15) is 0 Å². The van der Waals surface area contributed by atoms with Crippen LogP contribution < -0.4 is 9.95 Å². The van der Waals surface area contributed by atoms with Gasteiger partial charge in [0, 0.05) is 6.92 Å². The molecule has 0 aliphatic heterocycles. The molecule has 0 fully saturated rings. The van der Waals surface area contributed by atoms with Gasteiger partial charge < -0.3 is 10.3 Å². The van der Waals surface area contributed by atoms with E-state index in [1.165, 1.54) is 0 Å². The fourth-order valence-corrected chi connectivity index (χ4v) is 0.783. The number of carbonyl (C=O) groups is 1. The van der Waals surface area contributed by atoms with Crippen molar-refractivity contribution in [2.24, 2.45) is 0 Å². The molecule has 8 heteroatoms. The standard InChI is InChI=1S/C3H7NO3S.C2H8BNO/c1-3(5)4-8(2,6)7;1-3(5)4-2/h1-2H3,(H,4,5);4-5H,1-2H3. The van der Waals surface area contributed by atoms with Crippen molar-refractivity contribution >= 4 is 23.0 Å². The summed E-state index contributed by atoms with van der Waals surface area (Å²) in [5, 5.41) is 10.8. The van der Waals surface area contributed by atoms with Crippen LogP contribution in [0.2, 0.25) is 6.82 Å². The maximum Gasteiger partial charge on any atom is 0.373 e. The molecular weight excluding hydrogens is 195 g/mol. The van der Waals surface area contributed by atoms with Gasteiger partial charge >= 0.3 is 7.05 Å². The molecule has 0 aliphatic carbocycles. The number of hydrogen-bond donors (Lipinski definition) is 3. The highest BCUT2D eigenvalue weighted by Gasteiger charge is 1.99. The average Bonchev–Trinajstić information content (AvgIpc) is 1.83. The van der Waals surface area contributed by atoms with Gasteiger partial charge in [0.15, 0.2) is 0 Å². The summed E-state index contributed by atoms with van der Waals surface area (Å²) < 4.78 is 21.9. The zero-order valence-corrected chi connectivity index (χ0v) is 8.97. The summed E-state index contributed by atoms with van der Waals surface area (Å²) >= 11 is 0. The zero-order valence-electron chi connectivity index (χ0n) is 8.16. The van der Waals surface area contributed by atoms with Crippen molar-refractivity contribution in [1.29, 1.82) is 0 Å².